The van der Waals surface area contributed by atoms with Gasteiger partial charge in [-0.2, -0.15) is 0 Å². The second-order valence-corrected chi connectivity index (χ2v) is 5.46. The number of nitrogens with one attached hydrogen (secondary N) is 1. The molecule has 0 spiro atoms. The summed E-state index contributed by atoms with van der Waals surface area (Å²) in [5.41, 5.74) is 1.19. The molecule has 2 atom stereocenters. The Bertz CT molecular complexity index is 390. The van der Waals surface area contributed by atoms with Crippen molar-refractivity contribution >= 4 is 0 Å². The average molecular weight is 266 g/mol. The molecule has 1 aromatic rings. The van der Waals surface area contributed by atoms with Gasteiger partial charge >= 0.3 is 0 Å². The summed E-state index contributed by atoms with van der Waals surface area (Å²) in [5.74, 6) is 0. The van der Waals surface area contributed by atoms with Gasteiger partial charge in [0.1, 0.15) is 0 Å². The van der Waals surface area contributed by atoms with Gasteiger partial charge in [-0.05, 0) is 27.6 Å². The number of nitrogens with zero attached hydrogens (tertiary/aromatic N) is 5. The number of aryl methyl sites for hydroxylation is 1. The lowest BCUT2D eigenvalue weighted by atomic mass is 10.0. The van der Waals surface area contributed by atoms with Crippen molar-refractivity contribution in [2.75, 3.05) is 40.8 Å². The molecule has 0 aromatic carbocycles. The van der Waals surface area contributed by atoms with Crippen LogP contribution in [0.2, 0.25) is 0 Å². The topological polar surface area (TPSA) is 49.2 Å². The fourth-order valence-electron chi connectivity index (χ4n) is 2.83. The first kappa shape index (κ1) is 14.4. The number of hydrogen-bond donors (Lipinski definition) is 1. The predicted octanol–water partition coefficient (Wildman–Crippen LogP) is 0.194. The first-order valence-corrected chi connectivity index (χ1v) is 7.11. The molecule has 2 heterocycles. The van der Waals surface area contributed by atoms with Gasteiger partial charge in [-0.15, -0.1) is 5.10 Å². The minimum absolute atomic E-state index is 0.272. The highest BCUT2D eigenvalue weighted by atomic mass is 15.4. The van der Waals surface area contributed by atoms with Crippen molar-refractivity contribution in [3.05, 3.63) is 11.9 Å². The van der Waals surface area contributed by atoms with Crippen molar-refractivity contribution in [2.24, 2.45) is 0 Å². The lowest BCUT2D eigenvalue weighted by Crippen LogP contribution is -2.55. The molecule has 1 N–H and O–H groups in total. The third kappa shape index (κ3) is 3.13. The Balaban J connectivity index is 2.20. The maximum absolute atomic E-state index is 4.21. The molecule has 1 fully saturated rings. The Morgan fingerprint density at radius 2 is 2.21 bits per heavy atom. The highest BCUT2D eigenvalue weighted by Gasteiger charge is 2.31. The zero-order valence-corrected chi connectivity index (χ0v) is 12.5. The highest BCUT2D eigenvalue weighted by molar-refractivity contribution is 5.08. The van der Waals surface area contributed by atoms with Gasteiger partial charge in [-0.25, -0.2) is 4.68 Å². The summed E-state index contributed by atoms with van der Waals surface area (Å²) < 4.78 is 2.03. The van der Waals surface area contributed by atoms with Crippen LogP contribution >= 0.6 is 0 Å². The fraction of sp³-hybridized carbons (Fsp3) is 0.846. The van der Waals surface area contributed by atoms with E-state index in [4.69, 9.17) is 0 Å². The van der Waals surface area contributed by atoms with Crippen LogP contribution in [0.3, 0.4) is 0 Å². The minimum Gasteiger partial charge on any atom is -0.310 e. The number of aromatic nitrogens is 3. The first-order chi connectivity index (χ1) is 9.17. The van der Waals surface area contributed by atoms with E-state index in [1.807, 2.05) is 17.9 Å². The van der Waals surface area contributed by atoms with E-state index in [9.17, 15) is 0 Å². The molecule has 0 saturated carbocycles. The Hall–Kier alpha value is -0.980. The Kier molecular flexibility index (Phi) is 4.90. The molecule has 0 amide bonds. The van der Waals surface area contributed by atoms with Gasteiger partial charge in [0, 0.05) is 32.2 Å². The smallest absolute Gasteiger partial charge is 0.0772 e. The van der Waals surface area contributed by atoms with Crippen LogP contribution in [-0.4, -0.2) is 71.6 Å². The van der Waals surface area contributed by atoms with E-state index in [0.29, 0.717) is 6.04 Å². The second-order valence-electron chi connectivity index (χ2n) is 5.46. The summed E-state index contributed by atoms with van der Waals surface area (Å²) in [6.07, 6.45) is 2.98. The number of rotatable bonds is 5. The normalized spacial score (nSPS) is 23.7. The van der Waals surface area contributed by atoms with E-state index in [2.05, 4.69) is 46.4 Å². The maximum Gasteiger partial charge on any atom is 0.0772 e. The van der Waals surface area contributed by atoms with Crippen molar-refractivity contribution in [1.29, 1.82) is 0 Å². The average Bonchev–Trinajstić information content (AvgIpc) is 2.83. The summed E-state index contributed by atoms with van der Waals surface area (Å²) in [7, 11) is 6.42. The van der Waals surface area contributed by atoms with Gasteiger partial charge in [0.05, 0.1) is 17.9 Å². The summed E-state index contributed by atoms with van der Waals surface area (Å²) in [6, 6.07) is 0.729. The quantitative estimate of drug-likeness (QED) is 0.825. The number of hydrogen-bond acceptors (Lipinski definition) is 5. The van der Waals surface area contributed by atoms with Crippen LogP contribution < -0.4 is 5.32 Å². The second kappa shape index (κ2) is 6.45. The van der Waals surface area contributed by atoms with Crippen LogP contribution in [0, 0.1) is 0 Å². The van der Waals surface area contributed by atoms with Crippen molar-refractivity contribution in [1.82, 2.24) is 30.1 Å². The van der Waals surface area contributed by atoms with Gasteiger partial charge in [-0.1, -0.05) is 12.1 Å². The predicted molar refractivity (Wildman–Crippen MR) is 76.0 cm³/mol. The molecule has 0 aliphatic carbocycles. The van der Waals surface area contributed by atoms with Crippen LogP contribution in [0.4, 0.5) is 0 Å². The van der Waals surface area contributed by atoms with E-state index in [-0.39, 0.29) is 6.04 Å². The molecular weight excluding hydrogens is 240 g/mol. The summed E-state index contributed by atoms with van der Waals surface area (Å²) in [5, 5.41) is 11.8. The van der Waals surface area contributed by atoms with Gasteiger partial charge in [0.2, 0.25) is 0 Å². The highest BCUT2D eigenvalue weighted by Crippen LogP contribution is 2.22. The molecular formula is C13H26N6. The Labute approximate surface area is 115 Å². The lowest BCUT2D eigenvalue weighted by Gasteiger charge is -2.41. The first-order valence-electron chi connectivity index (χ1n) is 7.11. The van der Waals surface area contributed by atoms with E-state index < -0.39 is 0 Å². The SMILES string of the molecule is CCCn1nncc1C(NC)C1CN(C)CCN1C. The standard InChI is InChI=1S/C13H26N6/c1-5-6-19-11(9-15-16-19)13(14-2)12-10-17(3)7-8-18(12)4/h9,12-14H,5-8,10H2,1-4H3. The van der Waals surface area contributed by atoms with Crippen LogP contribution in [0.5, 0.6) is 0 Å². The van der Waals surface area contributed by atoms with E-state index in [1.165, 1.54) is 5.69 Å². The molecule has 6 heteroatoms. The van der Waals surface area contributed by atoms with Crippen LogP contribution in [0.15, 0.2) is 6.20 Å². The van der Waals surface area contributed by atoms with Crippen molar-refractivity contribution in [2.45, 2.75) is 32.0 Å². The zero-order chi connectivity index (χ0) is 13.8. The van der Waals surface area contributed by atoms with Crippen LogP contribution in [0.1, 0.15) is 25.1 Å². The van der Waals surface area contributed by atoms with Crippen molar-refractivity contribution < 1.29 is 0 Å². The van der Waals surface area contributed by atoms with Crippen molar-refractivity contribution in [3.63, 3.8) is 0 Å². The summed E-state index contributed by atoms with van der Waals surface area (Å²) >= 11 is 0. The summed E-state index contributed by atoms with van der Waals surface area (Å²) in [6.45, 7) is 6.41. The molecule has 6 nitrogen and oxygen atoms in total. The molecule has 1 saturated heterocycles. The fourth-order valence-corrected chi connectivity index (χ4v) is 2.83. The maximum atomic E-state index is 4.21. The zero-order valence-electron chi connectivity index (χ0n) is 12.5. The molecule has 1 aromatic heterocycles. The van der Waals surface area contributed by atoms with Crippen molar-refractivity contribution in [3.8, 4) is 0 Å². The van der Waals surface area contributed by atoms with Crippen LogP contribution in [-0.2, 0) is 6.54 Å². The molecule has 0 bridgehead atoms. The lowest BCUT2D eigenvalue weighted by molar-refractivity contribution is 0.0873. The van der Waals surface area contributed by atoms with E-state index >= 15 is 0 Å². The Morgan fingerprint density at radius 3 is 2.89 bits per heavy atom. The molecule has 1 aliphatic heterocycles. The number of likely N-dealkylation sites (N-methyl/N-ethyl adjacent to an activating group) is 3. The molecule has 2 rings (SSSR count). The monoisotopic (exact) mass is 266 g/mol. The summed E-state index contributed by atoms with van der Waals surface area (Å²) in [4.78, 5) is 4.83. The van der Waals surface area contributed by atoms with Gasteiger partial charge in [0.15, 0.2) is 0 Å². The Morgan fingerprint density at radius 1 is 1.42 bits per heavy atom. The van der Waals surface area contributed by atoms with E-state index in [1.54, 1.807) is 0 Å². The third-order valence-corrected chi connectivity index (χ3v) is 4.00. The molecule has 0 radical (unpaired) electrons. The molecule has 108 valence electrons. The third-order valence-electron chi connectivity index (χ3n) is 4.00. The largest absolute Gasteiger partial charge is 0.310 e. The molecule has 2 unspecified atom stereocenters. The molecule has 1 aliphatic rings. The van der Waals surface area contributed by atoms with Gasteiger partial charge in [-0.3, -0.25) is 4.90 Å². The minimum atomic E-state index is 0.272. The molecule has 19 heavy (non-hydrogen) atoms. The van der Waals surface area contributed by atoms with E-state index in [0.717, 1.165) is 32.6 Å². The van der Waals surface area contributed by atoms with Crippen LogP contribution in [0.25, 0.3) is 0 Å². The van der Waals surface area contributed by atoms with Gasteiger partial charge < -0.3 is 10.2 Å². The van der Waals surface area contributed by atoms with Gasteiger partial charge in [0.25, 0.3) is 0 Å². The number of piperazine rings is 1.